The number of rotatable bonds is 2. The largest absolute Gasteiger partial charge is 0.478 e. The molecule has 0 fully saturated rings. The third-order valence-corrected chi connectivity index (χ3v) is 4.69. The van der Waals surface area contributed by atoms with Crippen LogP contribution >= 0.6 is 0 Å². The van der Waals surface area contributed by atoms with Crippen molar-refractivity contribution in [3.05, 3.63) is 82.9 Å². The summed E-state index contributed by atoms with van der Waals surface area (Å²) in [5.74, 6) is -2.51. The van der Waals surface area contributed by atoms with Crippen LogP contribution in [-0.4, -0.2) is 22.2 Å². The molecule has 0 aromatic heterocycles. The van der Waals surface area contributed by atoms with Gasteiger partial charge < -0.3 is 10.2 Å². The fourth-order valence-electron chi connectivity index (χ4n) is 3.69. The monoisotopic (exact) mass is 337 g/mol. The van der Waals surface area contributed by atoms with Gasteiger partial charge in [0.2, 0.25) is 0 Å². The molecular formula is C20H19NO4. The molecule has 0 unspecified atom stereocenters. The standard InChI is InChI=1S/C16H15N.C4H4O4/c1-16-13-8-4-2-6-11(13)10-15(17-16)12-7-3-5-9-14(12)16;5-3(6)1-2-4(7)8/h2-9,15,17H,10H2,1H3;1-2H,(H,5,6)(H,7,8)/b;2-1+/t15-,16-;/m1./s1. The van der Waals surface area contributed by atoms with Gasteiger partial charge in [0.1, 0.15) is 0 Å². The highest BCUT2D eigenvalue weighted by molar-refractivity contribution is 5.89. The van der Waals surface area contributed by atoms with E-state index in [0.29, 0.717) is 18.2 Å². The van der Waals surface area contributed by atoms with Crippen LogP contribution in [0.3, 0.4) is 0 Å². The van der Waals surface area contributed by atoms with E-state index in [1.165, 1.54) is 22.3 Å². The van der Waals surface area contributed by atoms with Gasteiger partial charge >= 0.3 is 11.9 Å². The molecule has 2 atom stereocenters. The highest BCUT2D eigenvalue weighted by Gasteiger charge is 2.45. The van der Waals surface area contributed by atoms with Crippen LogP contribution in [0.25, 0.3) is 0 Å². The normalized spacial score (nSPS) is 22.5. The molecule has 128 valence electrons. The molecule has 0 radical (unpaired) electrons. The van der Waals surface area contributed by atoms with Gasteiger partial charge in [-0.25, -0.2) is 9.59 Å². The zero-order valence-corrected chi connectivity index (χ0v) is 13.8. The van der Waals surface area contributed by atoms with Gasteiger partial charge in [-0.3, -0.25) is 5.32 Å². The first-order chi connectivity index (χ1) is 11.9. The van der Waals surface area contributed by atoms with E-state index < -0.39 is 11.9 Å². The molecule has 5 nitrogen and oxygen atoms in total. The van der Waals surface area contributed by atoms with Crippen molar-refractivity contribution in [1.29, 1.82) is 0 Å². The highest BCUT2D eigenvalue weighted by Crippen LogP contribution is 2.47. The highest BCUT2D eigenvalue weighted by atomic mass is 16.4. The molecule has 2 aliphatic heterocycles. The Bertz CT molecular complexity index is 829. The van der Waals surface area contributed by atoms with Gasteiger partial charge in [-0.1, -0.05) is 48.5 Å². The van der Waals surface area contributed by atoms with Crippen LogP contribution in [0.4, 0.5) is 0 Å². The van der Waals surface area contributed by atoms with E-state index in [-0.39, 0.29) is 5.54 Å². The molecular weight excluding hydrogens is 318 g/mol. The number of fused-ring (bicyclic) bond motifs is 7. The van der Waals surface area contributed by atoms with Gasteiger partial charge in [-0.2, -0.15) is 0 Å². The second-order valence-electron chi connectivity index (χ2n) is 6.28. The zero-order chi connectivity index (χ0) is 18.0. The number of aliphatic carboxylic acids is 2. The van der Waals surface area contributed by atoms with Crippen molar-refractivity contribution in [3.63, 3.8) is 0 Å². The number of nitrogens with one attached hydrogen (secondary N) is 1. The number of carboxylic acids is 2. The second-order valence-corrected chi connectivity index (χ2v) is 6.28. The van der Waals surface area contributed by atoms with Gasteiger partial charge in [-0.05, 0) is 35.6 Å². The van der Waals surface area contributed by atoms with Crippen LogP contribution in [0.15, 0.2) is 60.7 Å². The summed E-state index contributed by atoms with van der Waals surface area (Å²) in [6.45, 7) is 2.31. The van der Waals surface area contributed by atoms with E-state index in [1.54, 1.807) is 0 Å². The van der Waals surface area contributed by atoms with Gasteiger partial charge in [0.05, 0.1) is 5.54 Å². The van der Waals surface area contributed by atoms with Crippen LogP contribution in [0.5, 0.6) is 0 Å². The molecule has 4 rings (SSSR count). The molecule has 0 spiro atoms. The molecule has 2 aromatic carbocycles. The first kappa shape index (κ1) is 16.9. The molecule has 0 aliphatic carbocycles. The molecule has 2 aromatic rings. The lowest BCUT2D eigenvalue weighted by molar-refractivity contribution is -0.134. The lowest BCUT2D eigenvalue weighted by Gasteiger charge is -2.34. The fourth-order valence-corrected chi connectivity index (χ4v) is 3.69. The molecule has 25 heavy (non-hydrogen) atoms. The molecule has 5 heteroatoms. The van der Waals surface area contributed by atoms with Crippen LogP contribution in [0.2, 0.25) is 0 Å². The number of hydrogen-bond donors (Lipinski definition) is 3. The number of hydrogen-bond acceptors (Lipinski definition) is 3. The number of carboxylic acid groups (broad SMARTS) is 2. The second kappa shape index (κ2) is 6.53. The van der Waals surface area contributed by atoms with Crippen LogP contribution in [-0.2, 0) is 21.5 Å². The van der Waals surface area contributed by atoms with Crippen molar-refractivity contribution < 1.29 is 19.8 Å². The van der Waals surface area contributed by atoms with E-state index in [9.17, 15) is 9.59 Å². The summed E-state index contributed by atoms with van der Waals surface area (Å²) < 4.78 is 0. The average Bonchev–Trinajstić information content (AvgIpc) is 2.83. The Morgan fingerprint density at radius 2 is 1.56 bits per heavy atom. The molecule has 2 heterocycles. The van der Waals surface area contributed by atoms with Crippen molar-refractivity contribution >= 4 is 11.9 Å². The Kier molecular flexibility index (Phi) is 4.42. The molecule has 0 amide bonds. The smallest absolute Gasteiger partial charge is 0.328 e. The molecule has 2 aliphatic rings. The van der Waals surface area contributed by atoms with Crippen molar-refractivity contribution in [3.8, 4) is 0 Å². The van der Waals surface area contributed by atoms with Gasteiger partial charge in [0, 0.05) is 18.2 Å². The Balaban J connectivity index is 0.000000197. The van der Waals surface area contributed by atoms with Crippen molar-refractivity contribution in [1.82, 2.24) is 5.32 Å². The van der Waals surface area contributed by atoms with E-state index in [2.05, 4.69) is 60.8 Å². The topological polar surface area (TPSA) is 86.6 Å². The SMILES string of the molecule is C[C@@]12N[C@H](Cc3ccccc31)c1ccccc12.O=C(O)/C=C/C(=O)O. The predicted octanol–water partition coefficient (Wildman–Crippen LogP) is 2.86. The van der Waals surface area contributed by atoms with Crippen LogP contribution < -0.4 is 5.32 Å². The van der Waals surface area contributed by atoms with E-state index >= 15 is 0 Å². The Hall–Kier alpha value is -2.92. The van der Waals surface area contributed by atoms with E-state index in [4.69, 9.17) is 10.2 Å². The molecule has 2 bridgehead atoms. The number of carbonyl (C=O) groups is 2. The van der Waals surface area contributed by atoms with E-state index in [1.807, 2.05) is 0 Å². The summed E-state index contributed by atoms with van der Waals surface area (Å²) in [6, 6.07) is 18.2. The minimum atomic E-state index is -1.26. The van der Waals surface area contributed by atoms with Crippen LogP contribution in [0.1, 0.15) is 35.2 Å². The Morgan fingerprint density at radius 1 is 1.00 bits per heavy atom. The Labute approximate surface area is 145 Å². The Morgan fingerprint density at radius 3 is 2.20 bits per heavy atom. The van der Waals surface area contributed by atoms with Crippen molar-refractivity contribution in [2.45, 2.75) is 24.9 Å². The van der Waals surface area contributed by atoms with Crippen LogP contribution in [0, 0.1) is 0 Å². The van der Waals surface area contributed by atoms with Crippen molar-refractivity contribution in [2.75, 3.05) is 0 Å². The molecule has 3 N–H and O–H groups in total. The molecule has 0 saturated carbocycles. The predicted molar refractivity (Wildman–Crippen MR) is 93.3 cm³/mol. The lowest BCUT2D eigenvalue weighted by Crippen LogP contribution is -2.41. The molecule has 0 saturated heterocycles. The summed E-state index contributed by atoms with van der Waals surface area (Å²) in [4.78, 5) is 19.1. The first-order valence-corrected chi connectivity index (χ1v) is 8.01. The third-order valence-electron chi connectivity index (χ3n) is 4.69. The van der Waals surface area contributed by atoms with Gasteiger partial charge in [0.25, 0.3) is 0 Å². The zero-order valence-electron chi connectivity index (χ0n) is 13.8. The maximum atomic E-state index is 9.55. The average molecular weight is 337 g/mol. The maximum absolute atomic E-state index is 9.55. The summed E-state index contributed by atoms with van der Waals surface area (Å²) in [5, 5.41) is 19.4. The van der Waals surface area contributed by atoms with Crippen molar-refractivity contribution in [2.24, 2.45) is 0 Å². The summed E-state index contributed by atoms with van der Waals surface area (Å²) in [7, 11) is 0. The summed E-state index contributed by atoms with van der Waals surface area (Å²) >= 11 is 0. The number of benzene rings is 2. The third kappa shape index (κ3) is 3.19. The lowest BCUT2D eigenvalue weighted by atomic mass is 9.82. The first-order valence-electron chi connectivity index (χ1n) is 8.01. The van der Waals surface area contributed by atoms with Gasteiger partial charge in [-0.15, -0.1) is 0 Å². The fraction of sp³-hybridized carbons (Fsp3) is 0.200. The summed E-state index contributed by atoms with van der Waals surface area (Å²) in [6.07, 6.45) is 2.23. The quantitative estimate of drug-likeness (QED) is 0.734. The summed E-state index contributed by atoms with van der Waals surface area (Å²) in [5.41, 5.74) is 5.88. The van der Waals surface area contributed by atoms with Gasteiger partial charge in [0.15, 0.2) is 0 Å². The minimum Gasteiger partial charge on any atom is -0.478 e. The minimum absolute atomic E-state index is 0.0100. The van der Waals surface area contributed by atoms with E-state index in [0.717, 1.165) is 6.42 Å². The maximum Gasteiger partial charge on any atom is 0.328 e.